The molecule has 1 heterocycles. The highest BCUT2D eigenvalue weighted by Crippen LogP contribution is 2.29. The van der Waals surface area contributed by atoms with Gasteiger partial charge in [0.15, 0.2) is 0 Å². The maximum absolute atomic E-state index is 12.2. The van der Waals surface area contributed by atoms with Gasteiger partial charge in [-0.15, -0.1) is 0 Å². The number of urea groups is 1. The minimum Gasteiger partial charge on any atom is -0.433 e. The molecular formula is C13H15ClF2N2O3. The minimum atomic E-state index is -2.99. The molecule has 0 radical (unpaired) electrons. The predicted molar refractivity (Wildman–Crippen MR) is 73.9 cm³/mol. The van der Waals surface area contributed by atoms with Crippen LogP contribution in [0.3, 0.4) is 0 Å². The molecular weight excluding hydrogens is 306 g/mol. The van der Waals surface area contributed by atoms with Gasteiger partial charge in [-0.25, -0.2) is 4.79 Å². The van der Waals surface area contributed by atoms with Gasteiger partial charge in [-0.1, -0.05) is 11.6 Å². The third-order valence-corrected chi connectivity index (χ3v) is 3.56. The molecule has 21 heavy (non-hydrogen) atoms. The highest BCUT2D eigenvalue weighted by molar-refractivity contribution is 6.32. The number of nitrogens with one attached hydrogen (secondary N) is 1. The van der Waals surface area contributed by atoms with E-state index in [1.54, 1.807) is 0 Å². The van der Waals surface area contributed by atoms with E-state index < -0.39 is 12.6 Å². The van der Waals surface area contributed by atoms with E-state index in [0.29, 0.717) is 12.2 Å². The number of hydrogen-bond acceptors (Lipinski definition) is 3. The number of carbonyl (C=O) groups excluding carboxylic acids is 1. The Balaban J connectivity index is 2.07. The Labute approximate surface area is 125 Å². The summed E-state index contributed by atoms with van der Waals surface area (Å²) < 4.78 is 28.7. The summed E-state index contributed by atoms with van der Waals surface area (Å²) in [5.74, 6) is -0.204. The second-order valence-electron chi connectivity index (χ2n) is 4.63. The van der Waals surface area contributed by atoms with Gasteiger partial charge in [0.2, 0.25) is 0 Å². The minimum absolute atomic E-state index is 0.0303. The lowest BCUT2D eigenvalue weighted by molar-refractivity contribution is -0.0497. The van der Waals surface area contributed by atoms with E-state index in [1.807, 2.05) is 0 Å². The van der Waals surface area contributed by atoms with E-state index in [1.165, 1.54) is 23.1 Å². The molecule has 1 saturated heterocycles. The molecule has 116 valence electrons. The summed E-state index contributed by atoms with van der Waals surface area (Å²) in [7, 11) is 0. The standard InChI is InChI=1S/C13H15ClF2N2O3/c14-10-4-3-8(6-11(10)21-12(15)16)17-13(20)18-5-1-2-9(18)7-19/h3-4,6,9,12,19H,1-2,5,7H2,(H,17,20)/t9-/m0/s1. The van der Waals surface area contributed by atoms with Crippen molar-refractivity contribution in [2.45, 2.75) is 25.5 Å². The molecule has 2 rings (SSSR count). The van der Waals surface area contributed by atoms with Crippen LogP contribution in [0.25, 0.3) is 0 Å². The van der Waals surface area contributed by atoms with Crippen molar-refractivity contribution in [3.63, 3.8) is 0 Å². The number of carbonyl (C=O) groups is 1. The zero-order chi connectivity index (χ0) is 15.4. The second kappa shape index (κ2) is 6.91. The van der Waals surface area contributed by atoms with Crippen LogP contribution in [-0.2, 0) is 0 Å². The fourth-order valence-electron chi connectivity index (χ4n) is 2.26. The van der Waals surface area contributed by atoms with Crippen LogP contribution < -0.4 is 10.1 Å². The molecule has 1 aromatic rings. The smallest absolute Gasteiger partial charge is 0.387 e. The van der Waals surface area contributed by atoms with Crippen LogP contribution >= 0.6 is 11.6 Å². The Morgan fingerprint density at radius 2 is 2.33 bits per heavy atom. The van der Waals surface area contributed by atoms with Gasteiger partial charge >= 0.3 is 12.6 Å². The van der Waals surface area contributed by atoms with E-state index in [9.17, 15) is 18.7 Å². The summed E-state index contributed by atoms with van der Waals surface area (Å²) in [6.07, 6.45) is 1.56. The number of ether oxygens (including phenoxy) is 1. The molecule has 5 nitrogen and oxygen atoms in total. The first-order chi connectivity index (χ1) is 10.0. The molecule has 1 atom stereocenters. The number of aliphatic hydroxyl groups excluding tert-OH is 1. The van der Waals surface area contributed by atoms with Crippen molar-refractivity contribution in [3.8, 4) is 5.75 Å². The van der Waals surface area contributed by atoms with Gasteiger partial charge in [-0.3, -0.25) is 0 Å². The summed E-state index contributed by atoms with van der Waals surface area (Å²) in [5.41, 5.74) is 0.295. The number of nitrogens with zero attached hydrogens (tertiary/aromatic N) is 1. The van der Waals surface area contributed by atoms with Crippen LogP contribution in [-0.4, -0.2) is 41.8 Å². The van der Waals surface area contributed by atoms with Crippen molar-refractivity contribution >= 4 is 23.3 Å². The van der Waals surface area contributed by atoms with Gasteiger partial charge in [-0.05, 0) is 25.0 Å². The van der Waals surface area contributed by atoms with Crippen LogP contribution in [0, 0.1) is 0 Å². The lowest BCUT2D eigenvalue weighted by Crippen LogP contribution is -2.40. The summed E-state index contributed by atoms with van der Waals surface area (Å²) in [4.78, 5) is 13.6. The monoisotopic (exact) mass is 320 g/mol. The number of hydrogen-bond donors (Lipinski definition) is 2. The van der Waals surface area contributed by atoms with Gasteiger partial charge in [-0.2, -0.15) is 8.78 Å². The number of rotatable bonds is 4. The third kappa shape index (κ3) is 3.95. The first-order valence-corrected chi connectivity index (χ1v) is 6.82. The predicted octanol–water partition coefficient (Wildman–Crippen LogP) is 2.93. The van der Waals surface area contributed by atoms with Crippen molar-refractivity contribution in [2.75, 3.05) is 18.5 Å². The van der Waals surface area contributed by atoms with Crippen LogP contribution in [0.1, 0.15) is 12.8 Å². The van der Waals surface area contributed by atoms with Gasteiger partial charge in [0, 0.05) is 18.3 Å². The summed E-state index contributed by atoms with van der Waals surface area (Å²) in [5, 5.41) is 11.8. The quantitative estimate of drug-likeness (QED) is 0.896. The molecule has 0 spiro atoms. The number of aliphatic hydroxyl groups is 1. The molecule has 0 aliphatic carbocycles. The van der Waals surface area contributed by atoms with Gasteiger partial charge < -0.3 is 20.1 Å². The Hall–Kier alpha value is -1.60. The molecule has 2 amide bonds. The van der Waals surface area contributed by atoms with Gasteiger partial charge in [0.1, 0.15) is 5.75 Å². The van der Waals surface area contributed by atoms with Crippen molar-refractivity contribution in [2.24, 2.45) is 0 Å². The lowest BCUT2D eigenvalue weighted by Gasteiger charge is -2.23. The van der Waals surface area contributed by atoms with Crippen LogP contribution in [0.4, 0.5) is 19.3 Å². The molecule has 0 bridgehead atoms. The normalized spacial score (nSPS) is 18.1. The number of amides is 2. The maximum Gasteiger partial charge on any atom is 0.387 e. The number of alkyl halides is 2. The summed E-state index contributed by atoms with van der Waals surface area (Å²) in [6, 6.07) is 3.48. The summed E-state index contributed by atoms with van der Waals surface area (Å²) >= 11 is 5.74. The number of anilines is 1. The summed E-state index contributed by atoms with van der Waals surface area (Å²) in [6.45, 7) is -2.55. The van der Waals surface area contributed by atoms with Crippen LogP contribution in [0.15, 0.2) is 18.2 Å². The average molecular weight is 321 g/mol. The highest BCUT2D eigenvalue weighted by Gasteiger charge is 2.28. The zero-order valence-electron chi connectivity index (χ0n) is 11.1. The molecule has 0 aromatic heterocycles. The highest BCUT2D eigenvalue weighted by atomic mass is 35.5. The second-order valence-corrected chi connectivity index (χ2v) is 5.03. The SMILES string of the molecule is O=C(Nc1ccc(Cl)c(OC(F)F)c1)N1CCC[C@H]1CO. The fraction of sp³-hybridized carbons (Fsp3) is 0.462. The lowest BCUT2D eigenvalue weighted by atomic mass is 10.2. The fourth-order valence-corrected chi connectivity index (χ4v) is 2.42. The first-order valence-electron chi connectivity index (χ1n) is 6.44. The van der Waals surface area contributed by atoms with Crippen molar-refractivity contribution < 1.29 is 23.4 Å². The van der Waals surface area contributed by atoms with E-state index in [2.05, 4.69) is 10.1 Å². The van der Waals surface area contributed by atoms with E-state index in [4.69, 9.17) is 11.6 Å². The van der Waals surface area contributed by atoms with E-state index in [-0.39, 0.29) is 23.4 Å². The molecule has 1 aliphatic rings. The van der Waals surface area contributed by atoms with E-state index in [0.717, 1.165) is 12.8 Å². The van der Waals surface area contributed by atoms with Gasteiger partial charge in [0.25, 0.3) is 0 Å². The molecule has 2 N–H and O–H groups in total. The molecule has 1 aliphatic heterocycles. The maximum atomic E-state index is 12.2. The van der Waals surface area contributed by atoms with Gasteiger partial charge in [0.05, 0.1) is 17.7 Å². The van der Waals surface area contributed by atoms with Crippen molar-refractivity contribution in [1.82, 2.24) is 4.90 Å². The number of likely N-dealkylation sites (tertiary alicyclic amines) is 1. The molecule has 8 heteroatoms. The van der Waals surface area contributed by atoms with Crippen LogP contribution in [0.2, 0.25) is 5.02 Å². The molecule has 0 unspecified atom stereocenters. The van der Waals surface area contributed by atoms with Crippen LogP contribution in [0.5, 0.6) is 5.75 Å². The first kappa shape index (κ1) is 15.8. The van der Waals surface area contributed by atoms with Crippen molar-refractivity contribution in [3.05, 3.63) is 23.2 Å². The zero-order valence-corrected chi connectivity index (χ0v) is 11.8. The molecule has 0 saturated carbocycles. The average Bonchev–Trinajstić information content (AvgIpc) is 2.90. The van der Waals surface area contributed by atoms with Crippen molar-refractivity contribution in [1.29, 1.82) is 0 Å². The topological polar surface area (TPSA) is 61.8 Å². The third-order valence-electron chi connectivity index (χ3n) is 3.25. The van der Waals surface area contributed by atoms with E-state index >= 15 is 0 Å². The molecule has 1 fully saturated rings. The Morgan fingerprint density at radius 3 is 3.00 bits per heavy atom. The number of halogens is 3. The Morgan fingerprint density at radius 1 is 1.57 bits per heavy atom. The Bertz CT molecular complexity index is 516. The Kier molecular flexibility index (Phi) is 5.19. The number of benzene rings is 1. The molecule has 1 aromatic carbocycles. The largest absolute Gasteiger partial charge is 0.433 e.